The summed E-state index contributed by atoms with van der Waals surface area (Å²) in [4.78, 5) is 12.1. The number of alkyl halides is 7. The third-order valence-electron chi connectivity index (χ3n) is 4.53. The van der Waals surface area contributed by atoms with Crippen LogP contribution in [-0.4, -0.2) is 45.5 Å². The van der Waals surface area contributed by atoms with E-state index in [0.29, 0.717) is 6.42 Å². The zero-order chi connectivity index (χ0) is 19.4. The third kappa shape index (κ3) is 2.61. The summed E-state index contributed by atoms with van der Waals surface area (Å²) in [6.45, 7) is 2.45. The van der Waals surface area contributed by atoms with Crippen LogP contribution in [0.3, 0.4) is 0 Å². The molecule has 0 saturated heterocycles. The number of amides is 1. The zero-order valence-electron chi connectivity index (χ0n) is 13.4. The highest BCUT2D eigenvalue weighted by Crippen LogP contribution is 2.57. The fourth-order valence-corrected chi connectivity index (χ4v) is 3.12. The topological polar surface area (TPSA) is 52.9 Å². The number of halogens is 7. The first-order valence-corrected chi connectivity index (χ1v) is 7.65. The zero-order valence-corrected chi connectivity index (χ0v) is 13.4. The molecule has 0 bridgehead atoms. The highest BCUT2D eigenvalue weighted by atomic mass is 19.4. The molecular weight excluding hydrogens is 361 g/mol. The molecule has 11 heteroatoms. The van der Waals surface area contributed by atoms with Gasteiger partial charge in [-0.05, 0) is 19.3 Å². The van der Waals surface area contributed by atoms with Crippen molar-refractivity contribution in [1.29, 1.82) is 0 Å². The molecular formula is C14H17F7N2O2. The minimum absolute atomic E-state index is 0.0303. The maximum absolute atomic E-state index is 14.4. The van der Waals surface area contributed by atoms with Crippen LogP contribution in [0.4, 0.5) is 30.7 Å². The van der Waals surface area contributed by atoms with E-state index in [-0.39, 0.29) is 30.0 Å². The van der Waals surface area contributed by atoms with E-state index in [9.17, 15) is 40.6 Å². The van der Waals surface area contributed by atoms with E-state index in [0.717, 1.165) is 0 Å². The van der Waals surface area contributed by atoms with Gasteiger partial charge in [0.1, 0.15) is 0 Å². The molecule has 144 valence electrons. The summed E-state index contributed by atoms with van der Waals surface area (Å²) < 4.78 is 93.8. The van der Waals surface area contributed by atoms with Gasteiger partial charge in [-0.3, -0.25) is 4.79 Å². The largest absolute Gasteiger partial charge is 0.460 e. The Hall–Kier alpha value is -1.39. The Morgan fingerprint density at radius 2 is 1.76 bits per heavy atom. The Morgan fingerprint density at radius 1 is 1.20 bits per heavy atom. The van der Waals surface area contributed by atoms with Crippen LogP contribution in [0.5, 0.6) is 0 Å². The van der Waals surface area contributed by atoms with Crippen LogP contribution in [0.2, 0.25) is 0 Å². The maximum Gasteiger partial charge on any atom is 0.460 e. The van der Waals surface area contributed by atoms with Crippen LogP contribution >= 0.6 is 0 Å². The van der Waals surface area contributed by atoms with E-state index in [1.807, 2.05) is 0 Å². The van der Waals surface area contributed by atoms with Crippen LogP contribution in [0.25, 0.3) is 0 Å². The van der Waals surface area contributed by atoms with E-state index < -0.39 is 41.5 Å². The van der Waals surface area contributed by atoms with Crippen molar-refractivity contribution in [2.45, 2.75) is 63.3 Å². The van der Waals surface area contributed by atoms with Crippen molar-refractivity contribution in [3.05, 3.63) is 0 Å². The van der Waals surface area contributed by atoms with Gasteiger partial charge in [0.15, 0.2) is 0 Å². The summed E-state index contributed by atoms with van der Waals surface area (Å²) in [6, 6.07) is 0. The molecule has 0 spiro atoms. The fraction of sp³-hybridized carbons (Fsp3) is 0.857. The first kappa shape index (κ1) is 19.9. The SMILES string of the molecule is CC(C)C(=O)N1N=C2CCCC[C@H]2[C@]1(O)C(F)(F)C(F)(F)C(F)(F)F. The lowest BCUT2D eigenvalue weighted by Gasteiger charge is -2.45. The number of hydrogen-bond donors (Lipinski definition) is 1. The number of hydrazone groups is 1. The molecule has 4 nitrogen and oxygen atoms in total. The van der Waals surface area contributed by atoms with E-state index in [2.05, 4.69) is 5.10 Å². The number of rotatable bonds is 3. The van der Waals surface area contributed by atoms with Crippen LogP contribution in [0.15, 0.2) is 5.10 Å². The van der Waals surface area contributed by atoms with Crippen molar-refractivity contribution in [2.75, 3.05) is 0 Å². The Labute approximate surface area is 138 Å². The van der Waals surface area contributed by atoms with Crippen molar-refractivity contribution in [1.82, 2.24) is 5.01 Å². The van der Waals surface area contributed by atoms with Gasteiger partial charge in [0.2, 0.25) is 11.6 Å². The lowest BCUT2D eigenvalue weighted by atomic mass is 9.76. The van der Waals surface area contributed by atoms with E-state index >= 15 is 0 Å². The van der Waals surface area contributed by atoms with Gasteiger partial charge in [-0.2, -0.15) is 40.8 Å². The summed E-state index contributed by atoms with van der Waals surface area (Å²) in [7, 11) is 0. The normalized spacial score (nSPS) is 28.2. The Balaban J connectivity index is 2.62. The van der Waals surface area contributed by atoms with E-state index in [1.54, 1.807) is 0 Å². The first-order valence-electron chi connectivity index (χ1n) is 7.65. The third-order valence-corrected chi connectivity index (χ3v) is 4.53. The highest BCUT2D eigenvalue weighted by Gasteiger charge is 2.84. The smallest absolute Gasteiger partial charge is 0.364 e. The Morgan fingerprint density at radius 3 is 2.24 bits per heavy atom. The predicted molar refractivity (Wildman–Crippen MR) is 72.0 cm³/mol. The van der Waals surface area contributed by atoms with Crippen molar-refractivity contribution >= 4 is 11.6 Å². The summed E-state index contributed by atoms with van der Waals surface area (Å²) in [6.07, 6.45) is -6.20. The van der Waals surface area contributed by atoms with Crippen molar-refractivity contribution < 1.29 is 40.6 Å². The van der Waals surface area contributed by atoms with Gasteiger partial charge in [-0.25, -0.2) is 0 Å². The predicted octanol–water partition coefficient (Wildman–Crippen LogP) is 3.55. The number of hydrogen-bond acceptors (Lipinski definition) is 3. The molecule has 1 aliphatic carbocycles. The van der Waals surface area contributed by atoms with Gasteiger partial charge in [0.05, 0.1) is 5.92 Å². The van der Waals surface area contributed by atoms with Gasteiger partial charge < -0.3 is 5.11 Å². The van der Waals surface area contributed by atoms with Gasteiger partial charge in [0.25, 0.3) is 0 Å². The van der Waals surface area contributed by atoms with E-state index in [1.165, 1.54) is 13.8 Å². The standard InChI is InChI=1S/C14H17F7N2O2/c1-7(2)10(24)23-11(25,8-5-3-4-6-9(8)22-23)12(15,16)13(17,18)14(19,20)21/h7-8,25H,3-6H2,1-2H3/t8-,11+/m1/s1. The van der Waals surface area contributed by atoms with Gasteiger partial charge in [-0.1, -0.05) is 20.3 Å². The molecule has 1 N–H and O–H groups in total. The van der Waals surface area contributed by atoms with Crippen LogP contribution in [0.1, 0.15) is 39.5 Å². The fourth-order valence-electron chi connectivity index (χ4n) is 3.12. The average molecular weight is 378 g/mol. The molecule has 1 saturated carbocycles. The highest BCUT2D eigenvalue weighted by molar-refractivity contribution is 5.93. The van der Waals surface area contributed by atoms with Crippen LogP contribution in [0, 0.1) is 11.8 Å². The minimum Gasteiger partial charge on any atom is -0.364 e. The second-order valence-electron chi connectivity index (χ2n) is 6.57. The molecule has 0 radical (unpaired) electrons. The van der Waals surface area contributed by atoms with Crippen molar-refractivity contribution in [3.63, 3.8) is 0 Å². The van der Waals surface area contributed by atoms with Crippen molar-refractivity contribution in [3.8, 4) is 0 Å². The summed E-state index contributed by atoms with van der Waals surface area (Å²) in [5.74, 6) is -16.6. The first-order chi connectivity index (χ1) is 11.2. The minimum atomic E-state index is -6.61. The number of nitrogens with zero attached hydrogens (tertiary/aromatic N) is 2. The summed E-state index contributed by atoms with van der Waals surface area (Å²) in [5.41, 5.74) is -4.25. The molecule has 0 aromatic rings. The quantitative estimate of drug-likeness (QED) is 0.764. The monoisotopic (exact) mass is 378 g/mol. The molecule has 1 aliphatic heterocycles. The molecule has 25 heavy (non-hydrogen) atoms. The molecule has 0 unspecified atom stereocenters. The summed E-state index contributed by atoms with van der Waals surface area (Å²) >= 11 is 0. The summed E-state index contributed by atoms with van der Waals surface area (Å²) in [5, 5.41) is 13.7. The second-order valence-corrected chi connectivity index (χ2v) is 6.57. The van der Waals surface area contributed by atoms with Crippen LogP contribution < -0.4 is 0 Å². The van der Waals surface area contributed by atoms with Gasteiger partial charge >= 0.3 is 18.0 Å². The number of aliphatic hydroxyl groups is 1. The number of fused-ring (bicyclic) bond motifs is 1. The molecule has 1 heterocycles. The Kier molecular flexibility index (Phi) is 4.64. The van der Waals surface area contributed by atoms with Crippen LogP contribution in [-0.2, 0) is 4.79 Å². The molecule has 2 atom stereocenters. The molecule has 2 rings (SSSR count). The molecule has 2 aliphatic rings. The van der Waals surface area contributed by atoms with E-state index in [4.69, 9.17) is 0 Å². The van der Waals surface area contributed by atoms with Crippen molar-refractivity contribution in [2.24, 2.45) is 16.9 Å². The average Bonchev–Trinajstić information content (AvgIpc) is 2.80. The maximum atomic E-state index is 14.4. The number of carbonyl (C=O) groups excluding carboxylic acids is 1. The molecule has 0 aromatic heterocycles. The Bertz CT molecular complexity index is 588. The molecule has 0 aromatic carbocycles. The van der Waals surface area contributed by atoms with Gasteiger partial charge in [0, 0.05) is 11.6 Å². The number of carbonyl (C=O) groups is 1. The van der Waals surface area contributed by atoms with Gasteiger partial charge in [-0.15, -0.1) is 0 Å². The second kappa shape index (κ2) is 5.82. The lowest BCUT2D eigenvalue weighted by molar-refractivity contribution is -0.407. The lowest BCUT2D eigenvalue weighted by Crippen LogP contribution is -2.72. The molecule has 1 amide bonds. The molecule has 1 fully saturated rings.